The highest BCUT2D eigenvalue weighted by Crippen LogP contribution is 2.37. The Morgan fingerprint density at radius 3 is 2.09 bits per heavy atom. The molecule has 14 heteroatoms. The van der Waals surface area contributed by atoms with Crippen molar-refractivity contribution in [1.29, 1.82) is 0 Å². The third-order valence-corrected chi connectivity index (χ3v) is 9.77. The van der Waals surface area contributed by atoms with Crippen LogP contribution in [-0.2, 0) is 26.2 Å². The molecule has 0 saturated carbocycles. The van der Waals surface area contributed by atoms with E-state index < -0.39 is 28.5 Å². The Balaban J connectivity index is 2.18. The van der Waals surface area contributed by atoms with Crippen LogP contribution in [0.3, 0.4) is 0 Å². The van der Waals surface area contributed by atoms with Gasteiger partial charge in [-0.3, -0.25) is 13.9 Å². The molecule has 2 amide bonds. The molecule has 0 aliphatic heterocycles. The van der Waals surface area contributed by atoms with Crippen molar-refractivity contribution in [2.24, 2.45) is 5.92 Å². The van der Waals surface area contributed by atoms with Crippen LogP contribution in [0.2, 0.25) is 15.1 Å². The summed E-state index contributed by atoms with van der Waals surface area (Å²) in [6.07, 6.45) is 0.250. The van der Waals surface area contributed by atoms with E-state index in [2.05, 4.69) is 5.32 Å². The van der Waals surface area contributed by atoms with Crippen molar-refractivity contribution in [2.75, 3.05) is 38.7 Å². The van der Waals surface area contributed by atoms with E-state index in [-0.39, 0.29) is 56.9 Å². The largest absolute Gasteiger partial charge is 0.495 e. The number of benzene rings is 3. The van der Waals surface area contributed by atoms with Gasteiger partial charge in [-0.25, -0.2) is 8.42 Å². The third-order valence-electron chi connectivity index (χ3n) is 7.04. The lowest BCUT2D eigenvalue weighted by atomic mass is 10.1. The lowest BCUT2D eigenvalue weighted by Gasteiger charge is -2.33. The summed E-state index contributed by atoms with van der Waals surface area (Å²) < 4.78 is 45.8. The van der Waals surface area contributed by atoms with E-state index in [9.17, 15) is 18.0 Å². The van der Waals surface area contributed by atoms with Crippen LogP contribution in [0.25, 0.3) is 0 Å². The van der Waals surface area contributed by atoms with E-state index in [1.807, 2.05) is 13.8 Å². The molecule has 0 unspecified atom stereocenters. The molecule has 0 bridgehead atoms. The van der Waals surface area contributed by atoms with Crippen molar-refractivity contribution < 1.29 is 32.2 Å². The van der Waals surface area contributed by atoms with Crippen LogP contribution in [-0.4, -0.2) is 65.6 Å². The van der Waals surface area contributed by atoms with Crippen molar-refractivity contribution >= 4 is 62.3 Å². The number of sulfonamides is 1. The summed E-state index contributed by atoms with van der Waals surface area (Å²) in [4.78, 5) is 29.0. The Hall–Kier alpha value is -3.38. The molecular weight excluding hydrogens is 677 g/mol. The van der Waals surface area contributed by atoms with Crippen molar-refractivity contribution in [3.05, 3.63) is 75.2 Å². The molecule has 1 atom stereocenters. The summed E-state index contributed by atoms with van der Waals surface area (Å²) in [7, 11) is -0.294. The van der Waals surface area contributed by atoms with Crippen LogP contribution in [0.4, 0.5) is 5.69 Å². The lowest BCUT2D eigenvalue weighted by Crippen LogP contribution is -2.52. The standard InChI is InChI=1S/C32H38Cl3N3O7S/c1-7-26(32(40)36-17-20(2)3)37(18-21-8-11-24(34)25(35)14-21)31(39)19-38(27-15-22(33)9-12-28(27)43-4)46(41,42)23-10-13-29(44-5)30(16-23)45-6/h8-16,20,26H,7,17-19H2,1-6H3,(H,36,40)/t26-/m1/s1. The normalized spacial score (nSPS) is 12.0. The molecule has 250 valence electrons. The first-order valence-electron chi connectivity index (χ1n) is 14.4. The van der Waals surface area contributed by atoms with Gasteiger partial charge in [-0.15, -0.1) is 0 Å². The lowest BCUT2D eigenvalue weighted by molar-refractivity contribution is -0.140. The fourth-order valence-corrected chi connectivity index (χ4v) is 6.57. The summed E-state index contributed by atoms with van der Waals surface area (Å²) in [5.74, 6) is -0.238. The number of carbonyl (C=O) groups is 2. The Morgan fingerprint density at radius 2 is 1.50 bits per heavy atom. The number of hydrogen-bond donors (Lipinski definition) is 1. The highest BCUT2D eigenvalue weighted by Gasteiger charge is 2.35. The summed E-state index contributed by atoms with van der Waals surface area (Å²) in [5.41, 5.74) is 0.609. The number of hydrogen-bond acceptors (Lipinski definition) is 7. The average Bonchev–Trinajstić information content (AvgIpc) is 3.03. The molecule has 0 radical (unpaired) electrons. The molecule has 3 aromatic carbocycles. The van der Waals surface area contributed by atoms with E-state index in [1.165, 1.54) is 62.6 Å². The number of methoxy groups -OCH3 is 3. The maximum Gasteiger partial charge on any atom is 0.265 e. The van der Waals surface area contributed by atoms with Gasteiger partial charge in [0.1, 0.15) is 18.3 Å². The van der Waals surface area contributed by atoms with Gasteiger partial charge in [-0.1, -0.05) is 61.6 Å². The molecular formula is C32H38Cl3N3O7S. The van der Waals surface area contributed by atoms with Crippen LogP contribution < -0.4 is 23.8 Å². The zero-order valence-corrected chi connectivity index (χ0v) is 29.6. The average molecular weight is 715 g/mol. The molecule has 3 aromatic rings. The van der Waals surface area contributed by atoms with Gasteiger partial charge >= 0.3 is 0 Å². The van der Waals surface area contributed by atoms with Crippen LogP contribution >= 0.6 is 34.8 Å². The molecule has 0 spiro atoms. The number of halogens is 3. The maximum absolute atomic E-state index is 14.4. The minimum atomic E-state index is -4.48. The van der Waals surface area contributed by atoms with Gasteiger partial charge in [0.2, 0.25) is 11.8 Å². The number of rotatable bonds is 15. The van der Waals surface area contributed by atoms with Gasteiger partial charge in [0, 0.05) is 24.2 Å². The highest BCUT2D eigenvalue weighted by molar-refractivity contribution is 7.92. The summed E-state index contributed by atoms with van der Waals surface area (Å²) in [5, 5.41) is 3.69. The molecule has 46 heavy (non-hydrogen) atoms. The SMILES string of the molecule is CC[C@H](C(=O)NCC(C)C)N(Cc1ccc(Cl)c(Cl)c1)C(=O)CN(c1cc(Cl)ccc1OC)S(=O)(=O)c1ccc(OC)c(OC)c1. The first-order chi connectivity index (χ1) is 21.8. The summed E-state index contributed by atoms with van der Waals surface area (Å²) in [6, 6.07) is 12.4. The Morgan fingerprint density at radius 1 is 0.848 bits per heavy atom. The van der Waals surface area contributed by atoms with Crippen LogP contribution in [0.1, 0.15) is 32.8 Å². The molecule has 10 nitrogen and oxygen atoms in total. The van der Waals surface area contributed by atoms with Gasteiger partial charge in [0.25, 0.3) is 10.0 Å². The zero-order valence-electron chi connectivity index (χ0n) is 26.5. The van der Waals surface area contributed by atoms with Gasteiger partial charge in [-0.2, -0.15) is 0 Å². The van der Waals surface area contributed by atoms with Crippen molar-refractivity contribution in [1.82, 2.24) is 10.2 Å². The minimum Gasteiger partial charge on any atom is -0.495 e. The minimum absolute atomic E-state index is 0.0185. The van der Waals surface area contributed by atoms with Crippen molar-refractivity contribution in [3.63, 3.8) is 0 Å². The van der Waals surface area contributed by atoms with Crippen LogP contribution in [0.15, 0.2) is 59.5 Å². The van der Waals surface area contributed by atoms with Gasteiger partial charge in [0.05, 0.1) is 42.0 Å². The maximum atomic E-state index is 14.4. The zero-order chi connectivity index (χ0) is 34.2. The molecule has 0 saturated heterocycles. The van der Waals surface area contributed by atoms with Crippen LogP contribution in [0.5, 0.6) is 17.2 Å². The smallest absolute Gasteiger partial charge is 0.265 e. The van der Waals surface area contributed by atoms with Crippen LogP contribution in [0, 0.1) is 5.92 Å². The Kier molecular flexibility index (Phi) is 13.3. The van der Waals surface area contributed by atoms with Gasteiger partial charge in [-0.05, 0) is 60.4 Å². The number of carbonyl (C=O) groups excluding carboxylic acids is 2. The number of ether oxygens (including phenoxy) is 3. The highest BCUT2D eigenvalue weighted by atomic mass is 35.5. The Bertz CT molecular complexity index is 1650. The molecule has 0 aliphatic carbocycles. The predicted molar refractivity (Wildman–Crippen MR) is 181 cm³/mol. The van der Waals surface area contributed by atoms with E-state index in [0.717, 1.165) is 4.31 Å². The number of nitrogens with one attached hydrogen (secondary N) is 1. The first-order valence-corrected chi connectivity index (χ1v) is 16.9. The summed E-state index contributed by atoms with van der Waals surface area (Å²) in [6.45, 7) is 5.31. The number of amides is 2. The fourth-order valence-electron chi connectivity index (χ4n) is 4.65. The van der Waals surface area contributed by atoms with E-state index >= 15 is 0 Å². The second-order valence-electron chi connectivity index (χ2n) is 10.7. The summed E-state index contributed by atoms with van der Waals surface area (Å²) >= 11 is 18.7. The molecule has 0 heterocycles. The molecule has 0 aromatic heterocycles. The first kappa shape index (κ1) is 37.1. The Labute approximate surface area is 285 Å². The predicted octanol–water partition coefficient (Wildman–Crippen LogP) is 6.45. The quantitative estimate of drug-likeness (QED) is 0.193. The topological polar surface area (TPSA) is 114 Å². The number of nitrogens with zero attached hydrogens (tertiary/aromatic N) is 2. The molecule has 0 fully saturated rings. The number of anilines is 1. The van der Waals surface area contributed by atoms with E-state index in [4.69, 9.17) is 49.0 Å². The second kappa shape index (κ2) is 16.4. The molecule has 0 aliphatic rings. The van der Waals surface area contributed by atoms with Crippen molar-refractivity contribution in [2.45, 2.75) is 44.7 Å². The van der Waals surface area contributed by atoms with Crippen molar-refractivity contribution in [3.8, 4) is 17.2 Å². The monoisotopic (exact) mass is 713 g/mol. The second-order valence-corrected chi connectivity index (χ2v) is 13.8. The molecule has 3 rings (SSSR count). The van der Waals surface area contributed by atoms with Gasteiger partial charge in [0.15, 0.2) is 11.5 Å². The third kappa shape index (κ3) is 8.90. The van der Waals surface area contributed by atoms with E-state index in [1.54, 1.807) is 25.1 Å². The van der Waals surface area contributed by atoms with E-state index in [0.29, 0.717) is 22.9 Å². The molecule has 1 N–H and O–H groups in total. The fraction of sp³-hybridized carbons (Fsp3) is 0.375. The van der Waals surface area contributed by atoms with Gasteiger partial charge < -0.3 is 24.4 Å².